The van der Waals surface area contributed by atoms with Crippen LogP contribution in [0.3, 0.4) is 0 Å². The topological polar surface area (TPSA) is 69.7 Å². The van der Waals surface area contributed by atoms with Crippen molar-refractivity contribution in [1.82, 2.24) is 10.3 Å². The Bertz CT molecular complexity index is 965. The van der Waals surface area contributed by atoms with E-state index >= 15 is 0 Å². The monoisotopic (exact) mass is 418 g/mol. The highest BCUT2D eigenvalue weighted by Gasteiger charge is 2.15. The minimum atomic E-state index is -0.265. The van der Waals surface area contributed by atoms with E-state index in [9.17, 15) is 4.79 Å². The van der Waals surface area contributed by atoms with Gasteiger partial charge < -0.3 is 19.5 Å². The fourth-order valence-electron chi connectivity index (χ4n) is 2.64. The van der Waals surface area contributed by atoms with Crippen LogP contribution in [0, 0.1) is 0 Å². The highest BCUT2D eigenvalue weighted by molar-refractivity contribution is 7.13. The van der Waals surface area contributed by atoms with Gasteiger partial charge in [-0.2, -0.15) is 0 Å². The number of carbonyl (C=O) groups excluding carboxylic acids is 1. The summed E-state index contributed by atoms with van der Waals surface area (Å²) in [7, 11) is 4.64. The smallest absolute Gasteiger partial charge is 0.271 e. The average Bonchev–Trinajstić information content (AvgIpc) is 3.21. The summed E-state index contributed by atoms with van der Waals surface area (Å²) in [5.74, 6) is 1.30. The molecule has 1 amide bonds. The number of amides is 1. The molecule has 0 fully saturated rings. The van der Waals surface area contributed by atoms with Gasteiger partial charge in [-0.3, -0.25) is 4.79 Å². The second-order valence-corrected chi connectivity index (χ2v) is 7.06. The molecule has 1 heterocycles. The molecule has 0 saturated heterocycles. The van der Waals surface area contributed by atoms with Gasteiger partial charge in [-0.05, 0) is 29.8 Å². The first-order valence-corrected chi connectivity index (χ1v) is 9.60. The van der Waals surface area contributed by atoms with Crippen LogP contribution in [0.25, 0.3) is 10.6 Å². The Morgan fingerprint density at radius 2 is 1.82 bits per heavy atom. The summed E-state index contributed by atoms with van der Waals surface area (Å²) in [4.78, 5) is 16.9. The zero-order chi connectivity index (χ0) is 20.1. The lowest BCUT2D eigenvalue weighted by atomic mass is 10.1. The summed E-state index contributed by atoms with van der Waals surface area (Å²) < 4.78 is 16.0. The van der Waals surface area contributed by atoms with Crippen molar-refractivity contribution in [2.45, 2.75) is 6.54 Å². The zero-order valence-electron chi connectivity index (χ0n) is 15.6. The molecule has 1 aromatic heterocycles. The molecule has 0 unspecified atom stereocenters. The van der Waals surface area contributed by atoms with E-state index in [-0.39, 0.29) is 5.91 Å². The van der Waals surface area contributed by atoms with Gasteiger partial charge in [0.05, 0.1) is 21.3 Å². The number of hydrogen-bond donors (Lipinski definition) is 1. The molecule has 0 atom stereocenters. The van der Waals surface area contributed by atoms with Gasteiger partial charge in [0.1, 0.15) is 10.7 Å². The third-order valence-corrected chi connectivity index (χ3v) is 5.11. The molecule has 0 aliphatic carbocycles. The van der Waals surface area contributed by atoms with Crippen LogP contribution in [0.4, 0.5) is 0 Å². The Labute approximate surface area is 172 Å². The molecular formula is C20H19ClN2O4S. The van der Waals surface area contributed by atoms with Gasteiger partial charge in [0, 0.05) is 22.5 Å². The molecule has 0 saturated carbocycles. The Morgan fingerprint density at radius 1 is 1.11 bits per heavy atom. The standard InChI is InChI=1S/C20H19ClN2O4S/c1-25-16-7-12(8-17(26-2)18(16)27-3)10-22-19(24)15-11-28-20(23-15)13-5-4-6-14(21)9-13/h4-9,11H,10H2,1-3H3,(H,22,24). The fourth-order valence-corrected chi connectivity index (χ4v) is 3.63. The Hall–Kier alpha value is -2.77. The number of hydrogen-bond acceptors (Lipinski definition) is 6. The lowest BCUT2D eigenvalue weighted by molar-refractivity contribution is 0.0946. The second kappa shape index (κ2) is 8.95. The van der Waals surface area contributed by atoms with Crippen LogP contribution >= 0.6 is 22.9 Å². The van der Waals surface area contributed by atoms with Gasteiger partial charge >= 0.3 is 0 Å². The van der Waals surface area contributed by atoms with Gasteiger partial charge in [0.15, 0.2) is 11.5 Å². The van der Waals surface area contributed by atoms with E-state index in [1.165, 1.54) is 11.3 Å². The molecule has 3 rings (SSSR count). The number of aromatic nitrogens is 1. The van der Waals surface area contributed by atoms with E-state index in [1.807, 2.05) is 18.2 Å². The molecule has 8 heteroatoms. The summed E-state index contributed by atoms with van der Waals surface area (Å²) >= 11 is 7.41. The summed E-state index contributed by atoms with van der Waals surface area (Å²) in [5.41, 5.74) is 2.04. The number of carbonyl (C=O) groups is 1. The summed E-state index contributed by atoms with van der Waals surface area (Å²) in [5, 5.41) is 5.94. The van der Waals surface area contributed by atoms with Crippen LogP contribution in [0.15, 0.2) is 41.8 Å². The second-order valence-electron chi connectivity index (χ2n) is 5.76. The van der Waals surface area contributed by atoms with Crippen molar-refractivity contribution in [2.75, 3.05) is 21.3 Å². The molecule has 6 nitrogen and oxygen atoms in total. The number of halogens is 1. The number of methoxy groups -OCH3 is 3. The maximum atomic E-state index is 12.5. The third kappa shape index (κ3) is 4.37. The first-order valence-electron chi connectivity index (χ1n) is 8.34. The van der Waals surface area contributed by atoms with Crippen molar-refractivity contribution in [3.8, 4) is 27.8 Å². The van der Waals surface area contributed by atoms with E-state index in [0.717, 1.165) is 16.1 Å². The predicted molar refractivity (Wildman–Crippen MR) is 110 cm³/mol. The van der Waals surface area contributed by atoms with Crippen molar-refractivity contribution in [3.05, 3.63) is 58.1 Å². The maximum absolute atomic E-state index is 12.5. The molecule has 146 valence electrons. The summed E-state index contributed by atoms with van der Waals surface area (Å²) in [6.45, 7) is 0.291. The van der Waals surface area contributed by atoms with Gasteiger partial charge in [-0.15, -0.1) is 11.3 Å². The van der Waals surface area contributed by atoms with Crippen LogP contribution in [0.5, 0.6) is 17.2 Å². The molecular weight excluding hydrogens is 400 g/mol. The molecule has 3 aromatic rings. The molecule has 0 bridgehead atoms. The highest BCUT2D eigenvalue weighted by atomic mass is 35.5. The largest absolute Gasteiger partial charge is 0.493 e. The SMILES string of the molecule is COc1cc(CNC(=O)c2csc(-c3cccc(Cl)c3)n2)cc(OC)c1OC. The van der Waals surface area contributed by atoms with Crippen LogP contribution < -0.4 is 19.5 Å². The molecule has 0 spiro atoms. The van der Waals surface area contributed by atoms with Crippen LogP contribution in [-0.4, -0.2) is 32.2 Å². The number of nitrogens with zero attached hydrogens (tertiary/aromatic N) is 1. The number of benzene rings is 2. The Morgan fingerprint density at radius 3 is 2.43 bits per heavy atom. The van der Waals surface area contributed by atoms with E-state index < -0.39 is 0 Å². The van der Waals surface area contributed by atoms with Crippen molar-refractivity contribution >= 4 is 28.8 Å². The summed E-state index contributed by atoms with van der Waals surface area (Å²) in [6.07, 6.45) is 0. The van der Waals surface area contributed by atoms with Crippen molar-refractivity contribution in [1.29, 1.82) is 0 Å². The fraction of sp³-hybridized carbons (Fsp3) is 0.200. The van der Waals surface area contributed by atoms with Crippen LogP contribution in [-0.2, 0) is 6.54 Å². The van der Waals surface area contributed by atoms with Crippen LogP contribution in [0.2, 0.25) is 5.02 Å². The van der Waals surface area contributed by atoms with Gasteiger partial charge in [0.2, 0.25) is 5.75 Å². The Balaban J connectivity index is 1.73. The van der Waals surface area contributed by atoms with Gasteiger partial charge in [-0.1, -0.05) is 23.7 Å². The molecule has 0 radical (unpaired) electrons. The molecule has 2 aromatic carbocycles. The van der Waals surface area contributed by atoms with Crippen molar-refractivity contribution in [2.24, 2.45) is 0 Å². The summed E-state index contributed by atoms with van der Waals surface area (Å²) in [6, 6.07) is 11.0. The minimum absolute atomic E-state index is 0.265. The highest BCUT2D eigenvalue weighted by Crippen LogP contribution is 2.38. The maximum Gasteiger partial charge on any atom is 0.271 e. The predicted octanol–water partition coefficient (Wildman–Crippen LogP) is 4.42. The molecule has 1 N–H and O–H groups in total. The molecule has 0 aliphatic rings. The quantitative estimate of drug-likeness (QED) is 0.615. The van der Waals surface area contributed by atoms with Gasteiger partial charge in [0.25, 0.3) is 5.91 Å². The van der Waals surface area contributed by atoms with Crippen molar-refractivity contribution in [3.63, 3.8) is 0 Å². The van der Waals surface area contributed by atoms with E-state index in [0.29, 0.717) is 34.5 Å². The lowest BCUT2D eigenvalue weighted by Crippen LogP contribution is -2.23. The molecule has 0 aliphatic heterocycles. The first kappa shape index (κ1) is 20.0. The van der Waals surface area contributed by atoms with Crippen molar-refractivity contribution < 1.29 is 19.0 Å². The number of rotatable bonds is 7. The normalized spacial score (nSPS) is 10.4. The number of ether oxygens (including phenoxy) is 3. The third-order valence-electron chi connectivity index (χ3n) is 3.99. The number of thiazole rings is 1. The average molecular weight is 419 g/mol. The minimum Gasteiger partial charge on any atom is -0.493 e. The molecule has 28 heavy (non-hydrogen) atoms. The zero-order valence-corrected chi connectivity index (χ0v) is 17.2. The Kier molecular flexibility index (Phi) is 6.38. The number of nitrogens with one attached hydrogen (secondary N) is 1. The van der Waals surface area contributed by atoms with Crippen LogP contribution in [0.1, 0.15) is 16.1 Å². The lowest BCUT2D eigenvalue weighted by Gasteiger charge is -2.14. The van der Waals surface area contributed by atoms with Gasteiger partial charge in [-0.25, -0.2) is 4.98 Å². The first-order chi connectivity index (χ1) is 13.5. The van der Waals surface area contributed by atoms with E-state index in [4.69, 9.17) is 25.8 Å². The van der Waals surface area contributed by atoms with E-state index in [1.54, 1.807) is 44.9 Å². The van der Waals surface area contributed by atoms with E-state index in [2.05, 4.69) is 10.3 Å².